The van der Waals surface area contributed by atoms with E-state index < -0.39 is 6.10 Å². The molecule has 1 N–H and O–H groups in total. The fourth-order valence-electron chi connectivity index (χ4n) is 4.32. The number of Topliss-reactive ketones (excluding diaryl/α,β-unsaturated/α-hetero) is 1. The van der Waals surface area contributed by atoms with Crippen LogP contribution in [0.1, 0.15) is 39.4 Å². The number of ether oxygens (including phenoxy) is 3. The zero-order chi connectivity index (χ0) is 21.4. The van der Waals surface area contributed by atoms with Crippen molar-refractivity contribution in [1.82, 2.24) is 4.90 Å². The fraction of sp³-hybridized carbons (Fsp3) is 0.375. The Morgan fingerprint density at radius 1 is 1.20 bits per heavy atom. The lowest BCUT2D eigenvalue weighted by atomic mass is 9.84. The SMILES string of the molecule is COc1cc(OC)c(C2CCN(C)CC2O)c2c1C(=O)/C(=C\c1ccccc1C)O2. The molecule has 158 valence electrons. The van der Waals surface area contributed by atoms with Gasteiger partial charge in [-0.25, -0.2) is 0 Å². The number of ketones is 1. The third kappa shape index (κ3) is 3.46. The number of aryl methyl sites for hydroxylation is 1. The number of methoxy groups -OCH3 is 2. The first-order chi connectivity index (χ1) is 14.4. The number of rotatable bonds is 4. The Hall–Kier alpha value is -2.83. The van der Waals surface area contributed by atoms with Crippen LogP contribution in [0.15, 0.2) is 36.1 Å². The van der Waals surface area contributed by atoms with Gasteiger partial charge in [0, 0.05) is 24.1 Å². The van der Waals surface area contributed by atoms with Crippen LogP contribution in [-0.4, -0.2) is 56.3 Å². The lowest BCUT2D eigenvalue weighted by molar-refractivity contribution is 0.0621. The molecule has 0 spiro atoms. The maximum atomic E-state index is 13.3. The van der Waals surface area contributed by atoms with Crippen LogP contribution < -0.4 is 14.2 Å². The Balaban J connectivity index is 1.85. The number of aliphatic hydroxyl groups is 1. The molecule has 1 saturated heterocycles. The lowest BCUT2D eigenvalue weighted by Gasteiger charge is -2.35. The number of piperidine rings is 1. The van der Waals surface area contributed by atoms with E-state index in [-0.39, 0.29) is 17.5 Å². The number of allylic oxidation sites excluding steroid dienone is 1. The van der Waals surface area contributed by atoms with Crippen molar-refractivity contribution in [3.8, 4) is 17.2 Å². The molecule has 2 heterocycles. The van der Waals surface area contributed by atoms with Crippen molar-refractivity contribution in [1.29, 1.82) is 0 Å². The number of aliphatic hydroxyl groups excluding tert-OH is 1. The van der Waals surface area contributed by atoms with E-state index in [2.05, 4.69) is 4.90 Å². The normalized spacial score (nSPS) is 22.7. The minimum Gasteiger partial charge on any atom is -0.496 e. The quantitative estimate of drug-likeness (QED) is 0.781. The van der Waals surface area contributed by atoms with Gasteiger partial charge in [0.2, 0.25) is 5.78 Å². The third-order valence-corrected chi connectivity index (χ3v) is 5.98. The van der Waals surface area contributed by atoms with Gasteiger partial charge in [-0.2, -0.15) is 0 Å². The second kappa shape index (κ2) is 8.13. The molecule has 4 rings (SSSR count). The van der Waals surface area contributed by atoms with Gasteiger partial charge in [0.15, 0.2) is 5.76 Å². The first kappa shape index (κ1) is 20.4. The number of hydrogen-bond acceptors (Lipinski definition) is 6. The van der Waals surface area contributed by atoms with Crippen LogP contribution in [-0.2, 0) is 0 Å². The van der Waals surface area contributed by atoms with Gasteiger partial charge in [-0.3, -0.25) is 4.79 Å². The predicted molar refractivity (Wildman–Crippen MR) is 115 cm³/mol. The average Bonchev–Trinajstić information content (AvgIpc) is 3.05. The van der Waals surface area contributed by atoms with Gasteiger partial charge in [0.1, 0.15) is 22.8 Å². The van der Waals surface area contributed by atoms with Gasteiger partial charge in [-0.15, -0.1) is 0 Å². The molecule has 6 nitrogen and oxygen atoms in total. The zero-order valence-corrected chi connectivity index (χ0v) is 17.8. The summed E-state index contributed by atoms with van der Waals surface area (Å²) in [5.74, 6) is 1.23. The maximum Gasteiger partial charge on any atom is 0.235 e. The number of fused-ring (bicyclic) bond motifs is 1. The highest BCUT2D eigenvalue weighted by atomic mass is 16.5. The summed E-state index contributed by atoms with van der Waals surface area (Å²) in [5.41, 5.74) is 3.09. The fourth-order valence-corrected chi connectivity index (χ4v) is 4.32. The van der Waals surface area contributed by atoms with E-state index in [1.54, 1.807) is 19.3 Å². The molecule has 2 aliphatic rings. The molecular formula is C24H27NO5. The van der Waals surface area contributed by atoms with Crippen LogP contribution in [0, 0.1) is 6.92 Å². The third-order valence-electron chi connectivity index (χ3n) is 5.98. The summed E-state index contributed by atoms with van der Waals surface area (Å²) in [6.45, 7) is 3.38. The van der Waals surface area contributed by atoms with Crippen molar-refractivity contribution in [3.05, 3.63) is 58.3 Å². The Morgan fingerprint density at radius 3 is 2.60 bits per heavy atom. The lowest BCUT2D eigenvalue weighted by Crippen LogP contribution is -2.40. The van der Waals surface area contributed by atoms with E-state index in [9.17, 15) is 9.90 Å². The van der Waals surface area contributed by atoms with Gasteiger partial charge in [0.05, 0.1) is 20.3 Å². The monoisotopic (exact) mass is 409 g/mol. The van der Waals surface area contributed by atoms with Crippen LogP contribution in [0.4, 0.5) is 0 Å². The Morgan fingerprint density at radius 2 is 1.93 bits per heavy atom. The summed E-state index contributed by atoms with van der Waals surface area (Å²) in [7, 11) is 5.08. The molecule has 2 atom stereocenters. The number of likely N-dealkylation sites (N-methyl/N-ethyl adjacent to an activating group) is 1. The van der Waals surface area contributed by atoms with Crippen molar-refractivity contribution >= 4 is 11.9 Å². The highest BCUT2D eigenvalue weighted by Gasteiger charge is 2.40. The highest BCUT2D eigenvalue weighted by molar-refractivity contribution is 6.16. The molecule has 1 fully saturated rings. The summed E-state index contributed by atoms with van der Waals surface area (Å²) in [5, 5.41) is 10.8. The minimum atomic E-state index is -0.585. The van der Waals surface area contributed by atoms with Crippen LogP contribution >= 0.6 is 0 Å². The molecule has 0 aliphatic carbocycles. The molecule has 0 saturated carbocycles. The predicted octanol–water partition coefficient (Wildman–Crippen LogP) is 3.41. The first-order valence-electron chi connectivity index (χ1n) is 10.1. The van der Waals surface area contributed by atoms with Gasteiger partial charge < -0.3 is 24.2 Å². The van der Waals surface area contributed by atoms with E-state index in [4.69, 9.17) is 14.2 Å². The number of benzene rings is 2. The van der Waals surface area contributed by atoms with Crippen molar-refractivity contribution < 1.29 is 24.1 Å². The van der Waals surface area contributed by atoms with Crippen molar-refractivity contribution in [2.45, 2.75) is 25.4 Å². The van der Waals surface area contributed by atoms with E-state index in [1.807, 2.05) is 38.2 Å². The topological polar surface area (TPSA) is 68.2 Å². The van der Waals surface area contributed by atoms with Crippen molar-refractivity contribution in [2.24, 2.45) is 0 Å². The van der Waals surface area contributed by atoms with Gasteiger partial charge in [0.25, 0.3) is 0 Å². The van der Waals surface area contributed by atoms with Crippen LogP contribution in [0.2, 0.25) is 0 Å². The molecular weight excluding hydrogens is 382 g/mol. The second-order valence-electron chi connectivity index (χ2n) is 7.92. The van der Waals surface area contributed by atoms with Gasteiger partial charge >= 0.3 is 0 Å². The van der Waals surface area contributed by atoms with Crippen LogP contribution in [0.25, 0.3) is 6.08 Å². The number of carbonyl (C=O) groups excluding carboxylic acids is 1. The average molecular weight is 409 g/mol. The highest BCUT2D eigenvalue weighted by Crippen LogP contribution is 2.50. The van der Waals surface area contributed by atoms with Crippen molar-refractivity contribution in [3.63, 3.8) is 0 Å². The molecule has 2 unspecified atom stereocenters. The standard InChI is InChI=1S/C24H27NO5/c1-14-7-5-6-8-15(14)11-20-23(27)22-19(29-4)12-18(28-3)21(24(22)30-20)16-9-10-25(2)13-17(16)26/h5-8,11-12,16-17,26H,9-10,13H2,1-4H3/b20-11+. The molecule has 2 aromatic carbocycles. The Labute approximate surface area is 176 Å². The number of nitrogens with zero attached hydrogens (tertiary/aromatic N) is 1. The molecule has 2 aliphatic heterocycles. The molecule has 0 bridgehead atoms. The van der Waals surface area contributed by atoms with Crippen LogP contribution in [0.3, 0.4) is 0 Å². The van der Waals surface area contributed by atoms with Gasteiger partial charge in [-0.05, 0) is 44.1 Å². The van der Waals surface area contributed by atoms with E-state index >= 15 is 0 Å². The maximum absolute atomic E-state index is 13.3. The molecule has 0 amide bonds. The Bertz CT molecular complexity index is 1010. The summed E-state index contributed by atoms with van der Waals surface area (Å²) < 4.78 is 17.3. The van der Waals surface area contributed by atoms with Gasteiger partial charge in [-0.1, -0.05) is 24.3 Å². The number of likely N-dealkylation sites (tertiary alicyclic amines) is 1. The van der Waals surface area contributed by atoms with E-state index in [0.29, 0.717) is 29.4 Å². The molecule has 0 aromatic heterocycles. The number of carbonyl (C=O) groups is 1. The zero-order valence-electron chi connectivity index (χ0n) is 17.8. The van der Waals surface area contributed by atoms with Crippen molar-refractivity contribution in [2.75, 3.05) is 34.4 Å². The Kier molecular flexibility index (Phi) is 5.54. The largest absolute Gasteiger partial charge is 0.496 e. The summed E-state index contributed by atoms with van der Waals surface area (Å²) in [4.78, 5) is 15.4. The van der Waals surface area contributed by atoms with Crippen LogP contribution in [0.5, 0.6) is 17.2 Å². The summed E-state index contributed by atoms with van der Waals surface area (Å²) in [6.07, 6.45) is 1.91. The molecule has 0 radical (unpaired) electrons. The van der Waals surface area contributed by atoms with E-state index in [0.717, 1.165) is 29.7 Å². The first-order valence-corrected chi connectivity index (χ1v) is 10.1. The summed E-state index contributed by atoms with van der Waals surface area (Å²) >= 11 is 0. The smallest absolute Gasteiger partial charge is 0.235 e. The molecule has 2 aromatic rings. The molecule has 30 heavy (non-hydrogen) atoms. The minimum absolute atomic E-state index is 0.193. The number of hydrogen-bond donors (Lipinski definition) is 1. The number of β-amino-alcohol motifs (C(OH)–C–C–N with tert-alkyl or cyclic N) is 1. The second-order valence-corrected chi connectivity index (χ2v) is 7.92. The summed E-state index contributed by atoms with van der Waals surface area (Å²) in [6, 6.07) is 9.54. The molecule has 6 heteroatoms. The van der Waals surface area contributed by atoms with E-state index in [1.165, 1.54) is 7.11 Å².